The van der Waals surface area contributed by atoms with E-state index in [2.05, 4.69) is 15.3 Å². The maximum absolute atomic E-state index is 5.75. The Morgan fingerprint density at radius 2 is 1.94 bits per heavy atom. The van der Waals surface area contributed by atoms with E-state index in [1.807, 2.05) is 43.3 Å². The molecule has 0 saturated carbocycles. The van der Waals surface area contributed by atoms with Gasteiger partial charge in [-0.2, -0.15) is 4.68 Å². The number of fused-ring (bicyclic) bond motifs is 1. The second-order valence-corrected chi connectivity index (χ2v) is 3.83. The summed E-state index contributed by atoms with van der Waals surface area (Å²) in [4.78, 5) is 4.40. The first-order chi connectivity index (χ1) is 8.25. The molecule has 1 aromatic carbocycles. The Hall–Kier alpha value is -2.43. The summed E-state index contributed by atoms with van der Waals surface area (Å²) < 4.78 is 1.71. The highest BCUT2D eigenvalue weighted by atomic mass is 15.4. The fourth-order valence-electron chi connectivity index (χ4n) is 1.71. The highest BCUT2D eigenvalue weighted by Gasteiger charge is 2.07. The Balaban J connectivity index is 2.24. The maximum atomic E-state index is 5.75. The van der Waals surface area contributed by atoms with Crippen molar-refractivity contribution in [3.05, 3.63) is 42.1 Å². The van der Waals surface area contributed by atoms with Crippen LogP contribution in [0.1, 0.15) is 5.69 Å². The summed E-state index contributed by atoms with van der Waals surface area (Å²) in [5.41, 5.74) is 9.00. The van der Waals surface area contributed by atoms with Gasteiger partial charge in [-0.05, 0) is 31.2 Å². The van der Waals surface area contributed by atoms with E-state index in [1.54, 1.807) is 4.68 Å². The molecule has 0 bridgehead atoms. The lowest BCUT2D eigenvalue weighted by Crippen LogP contribution is -2.02. The van der Waals surface area contributed by atoms with E-state index in [1.165, 1.54) is 0 Å². The van der Waals surface area contributed by atoms with Crippen LogP contribution in [-0.4, -0.2) is 20.0 Å². The molecule has 0 spiro atoms. The van der Waals surface area contributed by atoms with Gasteiger partial charge in [0.1, 0.15) is 5.52 Å². The summed E-state index contributed by atoms with van der Waals surface area (Å²) in [6, 6.07) is 11.4. The second-order valence-electron chi connectivity index (χ2n) is 3.83. The van der Waals surface area contributed by atoms with Crippen molar-refractivity contribution in [2.45, 2.75) is 6.92 Å². The molecular formula is C12H11N5. The number of pyridine rings is 1. The number of hydrogen-bond acceptors (Lipinski definition) is 4. The quantitative estimate of drug-likeness (QED) is 0.684. The van der Waals surface area contributed by atoms with E-state index >= 15 is 0 Å². The number of hydrogen-bond donors (Lipinski definition) is 1. The van der Waals surface area contributed by atoms with Gasteiger partial charge in [0, 0.05) is 0 Å². The minimum atomic E-state index is 0.679. The molecule has 3 aromatic rings. The number of nitrogens with zero attached hydrogens (tertiary/aromatic N) is 4. The normalized spacial score (nSPS) is 10.9. The van der Waals surface area contributed by atoms with Gasteiger partial charge in [0.15, 0.2) is 5.82 Å². The Morgan fingerprint density at radius 1 is 1.12 bits per heavy atom. The summed E-state index contributed by atoms with van der Waals surface area (Å²) in [6.07, 6.45) is 0. The average Bonchev–Trinajstić information content (AvgIpc) is 2.76. The molecule has 5 nitrogen and oxygen atoms in total. The molecule has 0 saturated heterocycles. The Labute approximate surface area is 97.9 Å². The minimum absolute atomic E-state index is 0.679. The van der Waals surface area contributed by atoms with Gasteiger partial charge in [0.25, 0.3) is 0 Å². The van der Waals surface area contributed by atoms with Crippen molar-refractivity contribution in [2.75, 3.05) is 5.73 Å². The first-order valence-electron chi connectivity index (χ1n) is 5.29. The highest BCUT2D eigenvalue weighted by molar-refractivity contribution is 5.75. The molecule has 0 fully saturated rings. The lowest BCUT2D eigenvalue weighted by molar-refractivity contribution is 0.798. The summed E-state index contributed by atoms with van der Waals surface area (Å²) >= 11 is 0. The van der Waals surface area contributed by atoms with Crippen LogP contribution in [-0.2, 0) is 0 Å². The summed E-state index contributed by atoms with van der Waals surface area (Å²) in [6.45, 7) is 1.87. The summed E-state index contributed by atoms with van der Waals surface area (Å²) in [5.74, 6) is 0.727. The third-order valence-electron chi connectivity index (χ3n) is 2.68. The molecule has 0 radical (unpaired) electrons. The van der Waals surface area contributed by atoms with E-state index < -0.39 is 0 Å². The van der Waals surface area contributed by atoms with Gasteiger partial charge in [0.05, 0.1) is 16.9 Å². The number of nitrogen functional groups attached to an aromatic ring is 1. The van der Waals surface area contributed by atoms with Crippen LogP contribution < -0.4 is 5.73 Å². The zero-order valence-corrected chi connectivity index (χ0v) is 9.33. The molecular weight excluding hydrogens is 214 g/mol. The minimum Gasteiger partial charge on any atom is -0.397 e. The van der Waals surface area contributed by atoms with Crippen LogP contribution >= 0.6 is 0 Å². The first kappa shape index (κ1) is 9.77. The molecule has 3 rings (SSSR count). The summed E-state index contributed by atoms with van der Waals surface area (Å²) in [7, 11) is 0. The zero-order chi connectivity index (χ0) is 11.8. The number of para-hydroxylation sites is 1. The maximum Gasteiger partial charge on any atom is 0.156 e. The monoisotopic (exact) mass is 225 g/mol. The van der Waals surface area contributed by atoms with Crippen molar-refractivity contribution in [1.29, 1.82) is 0 Å². The molecule has 0 unspecified atom stereocenters. The van der Waals surface area contributed by atoms with E-state index in [0.29, 0.717) is 5.69 Å². The van der Waals surface area contributed by atoms with Crippen LogP contribution in [0.2, 0.25) is 0 Å². The fourth-order valence-corrected chi connectivity index (χ4v) is 1.71. The molecule has 0 aliphatic rings. The Bertz CT molecular complexity index is 686. The molecule has 2 heterocycles. The average molecular weight is 225 g/mol. The van der Waals surface area contributed by atoms with Gasteiger partial charge in [-0.1, -0.05) is 17.3 Å². The molecule has 2 aromatic heterocycles. The number of rotatable bonds is 1. The molecule has 0 aliphatic heterocycles. The van der Waals surface area contributed by atoms with E-state index in [-0.39, 0.29) is 0 Å². The Kier molecular flexibility index (Phi) is 2.04. The van der Waals surface area contributed by atoms with Gasteiger partial charge < -0.3 is 5.73 Å². The first-order valence-corrected chi connectivity index (χ1v) is 5.29. The number of nitrogens with two attached hydrogens (primary N) is 1. The topological polar surface area (TPSA) is 69.6 Å². The molecule has 2 N–H and O–H groups in total. The highest BCUT2D eigenvalue weighted by Crippen LogP contribution is 2.16. The Morgan fingerprint density at radius 3 is 2.76 bits per heavy atom. The van der Waals surface area contributed by atoms with E-state index in [0.717, 1.165) is 22.5 Å². The van der Waals surface area contributed by atoms with Crippen LogP contribution in [0, 0.1) is 6.92 Å². The van der Waals surface area contributed by atoms with Gasteiger partial charge in [-0.15, -0.1) is 5.10 Å². The molecule has 0 amide bonds. The summed E-state index contributed by atoms with van der Waals surface area (Å²) in [5, 5.41) is 8.19. The lowest BCUT2D eigenvalue weighted by Gasteiger charge is -2.04. The largest absolute Gasteiger partial charge is 0.397 e. The zero-order valence-electron chi connectivity index (χ0n) is 9.33. The van der Waals surface area contributed by atoms with Crippen LogP contribution in [0.25, 0.3) is 16.9 Å². The van der Waals surface area contributed by atoms with Crippen LogP contribution in [0.5, 0.6) is 0 Å². The lowest BCUT2D eigenvalue weighted by atomic mass is 10.3. The number of benzene rings is 1. The van der Waals surface area contributed by atoms with Gasteiger partial charge >= 0.3 is 0 Å². The van der Waals surface area contributed by atoms with Crippen molar-refractivity contribution < 1.29 is 0 Å². The predicted molar refractivity (Wildman–Crippen MR) is 65.8 cm³/mol. The van der Waals surface area contributed by atoms with Crippen LogP contribution in [0.15, 0.2) is 36.4 Å². The molecule has 17 heavy (non-hydrogen) atoms. The van der Waals surface area contributed by atoms with Gasteiger partial charge in [-0.25, -0.2) is 4.98 Å². The van der Waals surface area contributed by atoms with Crippen molar-refractivity contribution in [2.24, 2.45) is 0 Å². The molecule has 0 atom stereocenters. The second kappa shape index (κ2) is 3.55. The fraction of sp³-hybridized carbons (Fsp3) is 0.0833. The molecule has 5 heteroatoms. The van der Waals surface area contributed by atoms with E-state index in [9.17, 15) is 0 Å². The van der Waals surface area contributed by atoms with Crippen LogP contribution in [0.3, 0.4) is 0 Å². The smallest absolute Gasteiger partial charge is 0.156 e. The number of aromatic nitrogens is 4. The third-order valence-corrected chi connectivity index (χ3v) is 2.68. The van der Waals surface area contributed by atoms with Crippen molar-refractivity contribution in [3.63, 3.8) is 0 Å². The molecule has 0 aliphatic carbocycles. The van der Waals surface area contributed by atoms with Crippen molar-refractivity contribution >= 4 is 16.7 Å². The number of anilines is 1. The third kappa shape index (κ3) is 1.52. The van der Waals surface area contributed by atoms with Crippen molar-refractivity contribution in [1.82, 2.24) is 20.0 Å². The van der Waals surface area contributed by atoms with Gasteiger partial charge in [0.2, 0.25) is 0 Å². The van der Waals surface area contributed by atoms with Crippen LogP contribution in [0.4, 0.5) is 5.69 Å². The number of aryl methyl sites for hydroxylation is 1. The predicted octanol–water partition coefficient (Wildman–Crippen LogP) is 1.71. The van der Waals surface area contributed by atoms with Gasteiger partial charge in [-0.3, -0.25) is 0 Å². The van der Waals surface area contributed by atoms with E-state index in [4.69, 9.17) is 5.73 Å². The molecule has 84 valence electrons. The van der Waals surface area contributed by atoms with Crippen molar-refractivity contribution in [3.8, 4) is 5.82 Å². The standard InChI is InChI=1S/C12H11N5/c1-8-9(13)6-7-12(14-8)17-11-5-3-2-4-10(11)15-16-17/h2-7H,13H2,1H3. The SMILES string of the molecule is Cc1nc(-n2nnc3ccccc32)ccc1N.